The van der Waals surface area contributed by atoms with E-state index in [1.807, 2.05) is 0 Å². The number of carboxylic acids is 1. The first-order valence-corrected chi connectivity index (χ1v) is 10.4. The fourth-order valence-corrected chi connectivity index (χ4v) is 3.92. The molecule has 0 amide bonds. The number of sulfonamides is 1. The molecule has 134 valence electrons. The van der Waals surface area contributed by atoms with Crippen LogP contribution in [0.3, 0.4) is 0 Å². The average Bonchev–Trinajstić information content (AvgIpc) is 2.54. The first kappa shape index (κ1) is 19.9. The van der Waals surface area contributed by atoms with Crippen molar-refractivity contribution >= 4 is 43.7 Å². The number of halogens is 2. The van der Waals surface area contributed by atoms with Crippen LogP contribution in [-0.2, 0) is 21.2 Å². The van der Waals surface area contributed by atoms with Crippen molar-refractivity contribution in [2.45, 2.75) is 16.2 Å². The van der Waals surface area contributed by atoms with Gasteiger partial charge in [-0.3, -0.25) is 4.79 Å². The van der Waals surface area contributed by atoms with Gasteiger partial charge in [0.25, 0.3) is 0 Å². The van der Waals surface area contributed by atoms with Crippen LogP contribution < -0.4 is 4.72 Å². The minimum Gasteiger partial charge on any atom is -0.481 e. The Kier molecular flexibility index (Phi) is 7.00. The second-order valence-electron chi connectivity index (χ2n) is 5.05. The summed E-state index contributed by atoms with van der Waals surface area (Å²) >= 11 is 4.14. The van der Waals surface area contributed by atoms with Crippen molar-refractivity contribution in [3.8, 4) is 0 Å². The molecule has 25 heavy (non-hydrogen) atoms. The first-order chi connectivity index (χ1) is 11.8. The lowest BCUT2D eigenvalue weighted by atomic mass is 10.1. The van der Waals surface area contributed by atoms with Gasteiger partial charge in [0.05, 0.1) is 10.6 Å². The number of nitrogens with one attached hydrogen (secondary N) is 1. The Bertz CT molecular complexity index is 857. The third kappa shape index (κ3) is 6.10. The summed E-state index contributed by atoms with van der Waals surface area (Å²) in [5, 5.41) is 8.61. The molecule has 0 heterocycles. The van der Waals surface area contributed by atoms with E-state index in [0.717, 1.165) is 16.2 Å². The van der Waals surface area contributed by atoms with Crippen molar-refractivity contribution in [2.24, 2.45) is 0 Å². The smallest absolute Gasteiger partial charge is 0.313 e. The van der Waals surface area contributed by atoms with Crippen LogP contribution in [-0.4, -0.2) is 31.8 Å². The minimum absolute atomic E-state index is 0.124. The summed E-state index contributed by atoms with van der Waals surface area (Å²) in [5.41, 5.74) is 0.621. The highest BCUT2D eigenvalue weighted by Gasteiger charge is 2.13. The third-order valence-electron chi connectivity index (χ3n) is 3.18. The molecular weight excluding hydrogens is 433 g/mol. The summed E-state index contributed by atoms with van der Waals surface area (Å²) in [7, 11) is -3.62. The summed E-state index contributed by atoms with van der Waals surface area (Å²) in [5.74, 6) is -1.75. The molecule has 2 aromatic carbocycles. The number of rotatable bonds is 8. The van der Waals surface area contributed by atoms with E-state index in [1.165, 1.54) is 24.3 Å². The molecule has 0 bridgehead atoms. The number of thioether (sulfide) groups is 1. The Morgan fingerprint density at radius 2 is 1.88 bits per heavy atom. The van der Waals surface area contributed by atoms with Gasteiger partial charge in [-0.1, -0.05) is 22.0 Å². The van der Waals surface area contributed by atoms with Crippen LogP contribution in [0.2, 0.25) is 0 Å². The predicted octanol–water partition coefficient (Wildman–Crippen LogP) is 3.29. The highest BCUT2D eigenvalue weighted by molar-refractivity contribution is 9.10. The molecule has 0 fully saturated rings. The zero-order valence-corrected chi connectivity index (χ0v) is 16.1. The van der Waals surface area contributed by atoms with E-state index in [2.05, 4.69) is 20.7 Å². The number of hydrogen-bond donors (Lipinski definition) is 2. The van der Waals surface area contributed by atoms with E-state index < -0.39 is 21.8 Å². The Balaban J connectivity index is 1.94. The van der Waals surface area contributed by atoms with Crippen LogP contribution in [0.25, 0.3) is 0 Å². The highest BCUT2D eigenvalue weighted by atomic mass is 79.9. The van der Waals surface area contributed by atoms with Crippen LogP contribution in [0.4, 0.5) is 4.39 Å². The molecule has 0 radical (unpaired) electrons. The van der Waals surface area contributed by atoms with Crippen molar-refractivity contribution in [3.63, 3.8) is 0 Å². The lowest BCUT2D eigenvalue weighted by molar-refractivity contribution is -0.133. The van der Waals surface area contributed by atoms with E-state index in [9.17, 15) is 17.6 Å². The fraction of sp³-hybridized carbons (Fsp3) is 0.188. The van der Waals surface area contributed by atoms with Gasteiger partial charge in [-0.2, -0.15) is 0 Å². The van der Waals surface area contributed by atoms with Crippen molar-refractivity contribution in [2.75, 3.05) is 12.3 Å². The second kappa shape index (κ2) is 8.79. The van der Waals surface area contributed by atoms with Crippen LogP contribution in [0.5, 0.6) is 0 Å². The van der Waals surface area contributed by atoms with E-state index in [-0.39, 0.29) is 22.1 Å². The minimum atomic E-state index is -3.62. The Hall–Kier alpha value is -1.42. The van der Waals surface area contributed by atoms with Crippen LogP contribution in [0, 0.1) is 5.82 Å². The van der Waals surface area contributed by atoms with Crippen molar-refractivity contribution in [3.05, 3.63) is 58.3 Å². The van der Waals surface area contributed by atoms with Gasteiger partial charge in [-0.25, -0.2) is 17.5 Å². The molecule has 0 unspecified atom stereocenters. The summed E-state index contributed by atoms with van der Waals surface area (Å²) < 4.78 is 41.4. The molecule has 0 spiro atoms. The largest absolute Gasteiger partial charge is 0.481 e. The quantitative estimate of drug-likeness (QED) is 0.606. The van der Waals surface area contributed by atoms with E-state index in [0.29, 0.717) is 12.0 Å². The molecule has 0 aliphatic rings. The molecule has 0 aromatic heterocycles. The molecule has 0 saturated carbocycles. The number of benzene rings is 2. The van der Waals surface area contributed by atoms with Crippen molar-refractivity contribution in [1.29, 1.82) is 0 Å². The van der Waals surface area contributed by atoms with Gasteiger partial charge in [0.15, 0.2) is 0 Å². The first-order valence-electron chi connectivity index (χ1n) is 7.16. The van der Waals surface area contributed by atoms with E-state index >= 15 is 0 Å². The number of aliphatic carboxylic acids is 1. The number of carbonyl (C=O) groups is 1. The van der Waals surface area contributed by atoms with Crippen LogP contribution in [0.1, 0.15) is 5.56 Å². The zero-order chi connectivity index (χ0) is 18.4. The Labute approximate surface area is 157 Å². The molecule has 0 aliphatic carbocycles. The van der Waals surface area contributed by atoms with Crippen LogP contribution >= 0.6 is 27.7 Å². The number of carboxylic acid groups (broad SMARTS) is 1. The van der Waals surface area contributed by atoms with Gasteiger partial charge in [-0.05, 0) is 48.4 Å². The standard InChI is InChI=1S/C16H15BrFNO4S2/c17-12-2-4-13(5-3-12)25(22,23)19-8-7-11-1-6-15(14(18)9-11)24-10-16(20)21/h1-6,9,19H,7-8,10H2,(H,20,21). The Morgan fingerprint density at radius 3 is 2.48 bits per heavy atom. The van der Waals surface area contributed by atoms with Crippen LogP contribution in [0.15, 0.2) is 56.7 Å². The second-order valence-corrected chi connectivity index (χ2v) is 8.75. The number of hydrogen-bond acceptors (Lipinski definition) is 4. The summed E-state index contributed by atoms with van der Waals surface area (Å²) in [6, 6.07) is 10.7. The molecular formula is C16H15BrFNO4S2. The fourth-order valence-electron chi connectivity index (χ4n) is 1.98. The maximum absolute atomic E-state index is 13.9. The molecule has 2 N–H and O–H groups in total. The molecule has 2 rings (SSSR count). The highest BCUT2D eigenvalue weighted by Crippen LogP contribution is 2.22. The SMILES string of the molecule is O=C(O)CSc1ccc(CCNS(=O)(=O)c2ccc(Br)cc2)cc1F. The van der Waals surface area contributed by atoms with Gasteiger partial charge in [0, 0.05) is 15.9 Å². The molecule has 2 aromatic rings. The molecule has 9 heteroatoms. The molecule has 0 atom stereocenters. The van der Waals surface area contributed by atoms with Crippen molar-refractivity contribution in [1.82, 2.24) is 4.72 Å². The van der Waals surface area contributed by atoms with Gasteiger partial charge >= 0.3 is 5.97 Å². The summed E-state index contributed by atoms with van der Waals surface area (Å²) in [6.07, 6.45) is 0.316. The molecule has 0 aliphatic heterocycles. The third-order valence-corrected chi connectivity index (χ3v) is 6.22. The zero-order valence-electron chi connectivity index (χ0n) is 12.9. The summed E-state index contributed by atoms with van der Waals surface area (Å²) in [4.78, 5) is 10.9. The van der Waals surface area contributed by atoms with Gasteiger partial charge in [-0.15, -0.1) is 11.8 Å². The van der Waals surface area contributed by atoms with Gasteiger partial charge < -0.3 is 5.11 Å². The topological polar surface area (TPSA) is 83.5 Å². The van der Waals surface area contributed by atoms with Gasteiger partial charge in [0.2, 0.25) is 10.0 Å². The van der Waals surface area contributed by atoms with Gasteiger partial charge in [0.1, 0.15) is 5.82 Å². The molecule has 5 nitrogen and oxygen atoms in total. The van der Waals surface area contributed by atoms with Crippen molar-refractivity contribution < 1.29 is 22.7 Å². The normalized spacial score (nSPS) is 11.4. The van der Waals surface area contributed by atoms with E-state index in [4.69, 9.17) is 5.11 Å². The predicted molar refractivity (Wildman–Crippen MR) is 97.8 cm³/mol. The monoisotopic (exact) mass is 447 g/mol. The van der Waals surface area contributed by atoms with E-state index in [1.54, 1.807) is 18.2 Å². The molecule has 0 saturated heterocycles. The maximum atomic E-state index is 13.9. The summed E-state index contributed by atoms with van der Waals surface area (Å²) in [6.45, 7) is 0.124. The average molecular weight is 448 g/mol. The lowest BCUT2D eigenvalue weighted by Gasteiger charge is -2.08. The maximum Gasteiger partial charge on any atom is 0.313 e. The Morgan fingerprint density at radius 1 is 1.20 bits per heavy atom. The lowest BCUT2D eigenvalue weighted by Crippen LogP contribution is -2.26.